The number of hydrogen-bond donors (Lipinski definition) is 3. The van der Waals surface area contributed by atoms with Gasteiger partial charge < -0.3 is 25.3 Å². The van der Waals surface area contributed by atoms with Gasteiger partial charge >= 0.3 is 30.3 Å². The number of carbonyl (C=O) groups is 4. The van der Waals surface area contributed by atoms with Crippen molar-refractivity contribution in [2.75, 3.05) is 45.8 Å². The molecule has 0 aromatic carbocycles. The number of nitrogens with zero attached hydrogens (tertiary/aromatic N) is 4. The van der Waals surface area contributed by atoms with Crippen molar-refractivity contribution in [3.63, 3.8) is 0 Å². The van der Waals surface area contributed by atoms with Crippen LogP contribution in [0.3, 0.4) is 0 Å². The number of carboxylic acids is 2. The van der Waals surface area contributed by atoms with E-state index in [1.165, 1.54) is 5.56 Å². The molecular weight excluding hydrogens is 616 g/mol. The first-order chi connectivity index (χ1) is 20.9. The zero-order valence-electron chi connectivity index (χ0n) is 25.1. The second-order valence-electron chi connectivity index (χ2n) is 11.2. The van der Waals surface area contributed by atoms with Gasteiger partial charge in [-0.05, 0) is 44.2 Å². The molecular formula is C28H39F6N5O6. The zero-order chi connectivity index (χ0) is 34.1. The lowest BCUT2D eigenvalue weighted by Gasteiger charge is -2.47. The smallest absolute Gasteiger partial charge is 0.475 e. The topological polar surface area (TPSA) is 143 Å². The third-order valence-corrected chi connectivity index (χ3v) is 8.35. The first kappa shape index (κ1) is 37.6. The number of fused-ring (bicyclic) bond motifs is 1. The van der Waals surface area contributed by atoms with Crippen molar-refractivity contribution in [1.29, 1.82) is 0 Å². The van der Waals surface area contributed by atoms with Gasteiger partial charge in [-0.3, -0.25) is 14.7 Å². The number of amides is 3. The largest absolute Gasteiger partial charge is 0.490 e. The van der Waals surface area contributed by atoms with Crippen LogP contribution in [0.15, 0.2) is 24.5 Å². The highest BCUT2D eigenvalue weighted by molar-refractivity contribution is 5.87. The number of rotatable bonds is 6. The minimum absolute atomic E-state index is 0.0452. The van der Waals surface area contributed by atoms with Gasteiger partial charge in [0.2, 0.25) is 5.91 Å². The van der Waals surface area contributed by atoms with Crippen LogP contribution in [0.1, 0.15) is 51.5 Å². The number of piperidine rings is 1. The highest BCUT2D eigenvalue weighted by atomic mass is 19.4. The summed E-state index contributed by atoms with van der Waals surface area (Å²) in [4.78, 5) is 54.7. The van der Waals surface area contributed by atoms with Crippen molar-refractivity contribution >= 4 is 23.9 Å². The fourth-order valence-corrected chi connectivity index (χ4v) is 6.08. The predicted molar refractivity (Wildman–Crippen MR) is 148 cm³/mol. The van der Waals surface area contributed by atoms with Crippen LogP contribution in [-0.2, 0) is 20.9 Å². The Bertz CT molecular complexity index is 1140. The lowest BCUT2D eigenvalue weighted by atomic mass is 9.60. The summed E-state index contributed by atoms with van der Waals surface area (Å²) in [5, 5.41) is 17.3. The number of halogens is 6. The molecule has 17 heteroatoms. The molecule has 1 aromatic rings. The summed E-state index contributed by atoms with van der Waals surface area (Å²) < 4.78 is 63.5. The Balaban J connectivity index is 0.000000421. The molecule has 45 heavy (non-hydrogen) atoms. The van der Waals surface area contributed by atoms with E-state index in [1.54, 1.807) is 6.20 Å². The second kappa shape index (κ2) is 15.6. The molecule has 3 aliphatic rings. The average Bonchev–Trinajstić information content (AvgIpc) is 3.45. The summed E-state index contributed by atoms with van der Waals surface area (Å²) in [7, 11) is 0. The number of hydrogen-bond acceptors (Lipinski definition) is 6. The van der Waals surface area contributed by atoms with E-state index in [4.69, 9.17) is 19.8 Å². The Morgan fingerprint density at radius 1 is 0.956 bits per heavy atom. The number of carboxylic acid groups (broad SMARTS) is 2. The van der Waals surface area contributed by atoms with Gasteiger partial charge in [-0.15, -0.1) is 0 Å². The SMILES string of the molecule is CCCCNC(=O)N1CCC2(CC1)CN(Cc1cccnc1)CC21CCN(CC)C1=O.O=C(O)C(F)(F)F.O=C(O)C(F)(F)F. The van der Waals surface area contributed by atoms with Gasteiger partial charge in [0.05, 0.1) is 5.41 Å². The van der Waals surface area contributed by atoms with E-state index in [-0.39, 0.29) is 16.9 Å². The van der Waals surface area contributed by atoms with Gasteiger partial charge in [0.15, 0.2) is 0 Å². The Morgan fingerprint density at radius 3 is 1.98 bits per heavy atom. The minimum atomic E-state index is -5.08. The molecule has 1 aromatic heterocycles. The van der Waals surface area contributed by atoms with Gasteiger partial charge in [-0.25, -0.2) is 14.4 Å². The molecule has 254 valence electrons. The number of carbonyl (C=O) groups excluding carboxylic acids is 2. The maximum Gasteiger partial charge on any atom is 0.490 e. The van der Waals surface area contributed by atoms with Gasteiger partial charge in [-0.1, -0.05) is 19.4 Å². The predicted octanol–water partition coefficient (Wildman–Crippen LogP) is 3.99. The Labute approximate surface area is 256 Å². The first-order valence-corrected chi connectivity index (χ1v) is 14.5. The fourth-order valence-electron chi connectivity index (χ4n) is 6.08. The maximum atomic E-state index is 13.6. The van der Waals surface area contributed by atoms with Crippen LogP contribution < -0.4 is 5.32 Å². The van der Waals surface area contributed by atoms with Crippen LogP contribution in [0.25, 0.3) is 0 Å². The van der Waals surface area contributed by atoms with Gasteiger partial charge in [0, 0.05) is 70.2 Å². The zero-order valence-corrected chi connectivity index (χ0v) is 25.1. The molecule has 3 fully saturated rings. The van der Waals surface area contributed by atoms with Crippen molar-refractivity contribution in [3.05, 3.63) is 30.1 Å². The molecule has 3 saturated heterocycles. The van der Waals surface area contributed by atoms with Gasteiger partial charge in [0.25, 0.3) is 0 Å². The molecule has 0 aliphatic carbocycles. The Kier molecular flexibility index (Phi) is 13.0. The van der Waals surface area contributed by atoms with Gasteiger partial charge in [0.1, 0.15) is 0 Å². The molecule has 0 bridgehead atoms. The van der Waals surface area contributed by atoms with Crippen molar-refractivity contribution in [3.8, 4) is 0 Å². The molecule has 1 unspecified atom stereocenters. The normalized spacial score (nSPS) is 21.2. The molecule has 2 spiro atoms. The minimum Gasteiger partial charge on any atom is -0.475 e. The van der Waals surface area contributed by atoms with Crippen LogP contribution in [0.4, 0.5) is 31.1 Å². The molecule has 4 heterocycles. The Morgan fingerprint density at radius 2 is 1.53 bits per heavy atom. The van der Waals surface area contributed by atoms with Crippen LogP contribution in [-0.4, -0.2) is 112 Å². The molecule has 3 N–H and O–H groups in total. The number of alkyl halides is 6. The first-order valence-electron chi connectivity index (χ1n) is 14.5. The van der Waals surface area contributed by atoms with E-state index < -0.39 is 24.3 Å². The number of urea groups is 1. The highest BCUT2D eigenvalue weighted by Crippen LogP contribution is 2.58. The third-order valence-electron chi connectivity index (χ3n) is 8.35. The summed E-state index contributed by atoms with van der Waals surface area (Å²) in [5.74, 6) is -5.18. The molecule has 11 nitrogen and oxygen atoms in total. The van der Waals surface area contributed by atoms with E-state index in [1.807, 2.05) is 22.1 Å². The van der Waals surface area contributed by atoms with Crippen molar-refractivity contribution in [1.82, 2.24) is 25.0 Å². The van der Waals surface area contributed by atoms with Crippen molar-refractivity contribution in [2.24, 2.45) is 10.8 Å². The summed E-state index contributed by atoms with van der Waals surface area (Å²) in [6.07, 6.45) is -1.60. The summed E-state index contributed by atoms with van der Waals surface area (Å²) in [6.45, 7) is 10.6. The van der Waals surface area contributed by atoms with Crippen molar-refractivity contribution in [2.45, 2.75) is 64.8 Å². The van der Waals surface area contributed by atoms with E-state index >= 15 is 0 Å². The maximum absolute atomic E-state index is 13.6. The molecule has 3 aliphatic heterocycles. The highest BCUT2D eigenvalue weighted by Gasteiger charge is 2.65. The lowest BCUT2D eigenvalue weighted by Crippen LogP contribution is -2.55. The molecule has 0 saturated carbocycles. The standard InChI is InChI=1S/C24H37N5O2.2C2HF3O2/c1-3-5-12-26-22(31)29-13-8-23(9-14-29)18-27(17-20-7-6-11-25-16-20)19-24(23)10-15-28(4-2)21(24)30;2*3-2(4,5)1(6)7/h6-7,11,16H,3-5,8-10,12-15,17-19H2,1-2H3,(H,26,31);2*(H,6,7). The van der Waals surface area contributed by atoms with Crippen molar-refractivity contribution < 1.29 is 55.7 Å². The number of unbranched alkanes of at least 4 members (excludes halogenated alkanes) is 1. The van der Waals surface area contributed by atoms with E-state index in [0.29, 0.717) is 5.91 Å². The molecule has 3 amide bonds. The number of nitrogens with one attached hydrogen (secondary N) is 1. The molecule has 1 atom stereocenters. The number of aromatic nitrogens is 1. The third kappa shape index (κ3) is 9.68. The number of likely N-dealkylation sites (tertiary alicyclic amines) is 3. The van der Waals surface area contributed by atoms with E-state index in [2.05, 4.69) is 35.1 Å². The number of pyridine rings is 1. The van der Waals surface area contributed by atoms with Crippen LogP contribution in [0, 0.1) is 10.8 Å². The Hall–Kier alpha value is -3.63. The fraction of sp³-hybridized carbons (Fsp3) is 0.679. The monoisotopic (exact) mass is 655 g/mol. The van der Waals surface area contributed by atoms with E-state index in [9.17, 15) is 35.9 Å². The van der Waals surface area contributed by atoms with Crippen LogP contribution >= 0.6 is 0 Å². The van der Waals surface area contributed by atoms with Gasteiger partial charge in [-0.2, -0.15) is 26.3 Å². The van der Waals surface area contributed by atoms with E-state index in [0.717, 1.165) is 84.5 Å². The summed E-state index contributed by atoms with van der Waals surface area (Å²) >= 11 is 0. The molecule has 4 rings (SSSR count). The van der Waals surface area contributed by atoms with Crippen LogP contribution in [0.5, 0.6) is 0 Å². The number of aliphatic carboxylic acids is 2. The van der Waals surface area contributed by atoms with Crippen LogP contribution in [0.2, 0.25) is 0 Å². The molecule has 0 radical (unpaired) electrons. The lowest BCUT2D eigenvalue weighted by molar-refractivity contribution is -0.193. The summed E-state index contributed by atoms with van der Waals surface area (Å²) in [6, 6.07) is 4.14. The second-order valence-corrected chi connectivity index (χ2v) is 11.2. The average molecular weight is 656 g/mol. The summed E-state index contributed by atoms with van der Waals surface area (Å²) in [5.41, 5.74) is 0.840. The quantitative estimate of drug-likeness (QED) is 0.309.